The van der Waals surface area contributed by atoms with Gasteiger partial charge in [0.15, 0.2) is 0 Å². The third-order valence-electron chi connectivity index (χ3n) is 4.43. The smallest absolute Gasteiger partial charge is 0.386 e. The van der Waals surface area contributed by atoms with E-state index in [-0.39, 0.29) is 6.61 Å². The number of ether oxygens (including phenoxy) is 1. The van der Waals surface area contributed by atoms with Gasteiger partial charge in [0.25, 0.3) is 0 Å². The molecule has 0 spiro atoms. The normalized spacial score (nSPS) is 15.1. The van der Waals surface area contributed by atoms with Crippen LogP contribution in [-0.2, 0) is 18.6 Å². The van der Waals surface area contributed by atoms with Gasteiger partial charge in [-0.1, -0.05) is 58.3 Å². The molecule has 0 aliphatic rings. The molecular formula is C20H43NO6PS+. The molecule has 0 bridgehead atoms. The van der Waals surface area contributed by atoms with Gasteiger partial charge in [-0.05, 0) is 17.8 Å². The summed E-state index contributed by atoms with van der Waals surface area (Å²) in [4.78, 5) is 21.7. The van der Waals surface area contributed by atoms with Crippen molar-refractivity contribution in [3.8, 4) is 0 Å². The van der Waals surface area contributed by atoms with Crippen molar-refractivity contribution >= 4 is 24.1 Å². The Morgan fingerprint density at radius 2 is 1.59 bits per heavy atom. The van der Waals surface area contributed by atoms with Crippen LogP contribution in [-0.4, -0.2) is 73.2 Å². The van der Waals surface area contributed by atoms with Crippen LogP contribution in [0, 0.1) is 0 Å². The average Bonchev–Trinajstić information content (AvgIpc) is 2.62. The maximum absolute atomic E-state index is 12.0. The number of carbonyl (C=O) groups excluding carboxylic acids is 1. The number of quaternary nitrogens is 1. The van der Waals surface area contributed by atoms with Gasteiger partial charge in [-0.3, -0.25) is 9.32 Å². The minimum Gasteiger partial charge on any atom is -0.457 e. The number of aliphatic hydroxyl groups excluding tert-OH is 1. The summed E-state index contributed by atoms with van der Waals surface area (Å²) in [6, 6.07) is 0. The molecule has 0 amide bonds. The number of aliphatic hydroxyl groups is 1. The lowest BCUT2D eigenvalue weighted by Crippen LogP contribution is -2.36. The van der Waals surface area contributed by atoms with Crippen LogP contribution in [0.3, 0.4) is 0 Å². The van der Waals surface area contributed by atoms with E-state index in [4.69, 9.17) is 9.26 Å². The van der Waals surface area contributed by atoms with Gasteiger partial charge in [0, 0.05) is 6.42 Å². The summed E-state index contributed by atoms with van der Waals surface area (Å²) < 4.78 is 22.9. The van der Waals surface area contributed by atoms with Gasteiger partial charge in [0.2, 0.25) is 0 Å². The Labute approximate surface area is 181 Å². The number of hydrogen-bond donors (Lipinski definition) is 2. The Hall–Kier alpha value is -0.110. The van der Waals surface area contributed by atoms with Crippen LogP contribution in [0.25, 0.3) is 0 Å². The lowest BCUT2D eigenvalue weighted by atomic mass is 10.1. The van der Waals surface area contributed by atoms with Gasteiger partial charge >= 0.3 is 12.8 Å². The topological polar surface area (TPSA) is 93.1 Å². The summed E-state index contributed by atoms with van der Waals surface area (Å²) in [5, 5.41) is 9.35. The molecule has 7 nitrogen and oxygen atoms in total. The summed E-state index contributed by atoms with van der Waals surface area (Å²) >= 11 is 0.856. The average molecular weight is 457 g/mol. The second-order valence-electron chi connectivity index (χ2n) is 8.48. The van der Waals surface area contributed by atoms with Gasteiger partial charge < -0.3 is 19.2 Å². The Bertz CT molecular complexity index is 472. The van der Waals surface area contributed by atoms with Gasteiger partial charge in [0.05, 0.1) is 46.7 Å². The molecule has 29 heavy (non-hydrogen) atoms. The molecule has 0 radical (unpaired) electrons. The lowest BCUT2D eigenvalue weighted by molar-refractivity contribution is -0.867. The molecule has 2 N–H and O–H groups in total. The molecule has 9 heteroatoms. The van der Waals surface area contributed by atoms with Crippen molar-refractivity contribution in [1.82, 2.24) is 0 Å². The molecule has 0 aliphatic carbocycles. The van der Waals surface area contributed by atoms with Gasteiger partial charge in [0.1, 0.15) is 6.10 Å². The Morgan fingerprint density at radius 3 is 2.10 bits per heavy atom. The molecule has 0 aromatic carbocycles. The van der Waals surface area contributed by atoms with Crippen molar-refractivity contribution in [3.63, 3.8) is 0 Å². The van der Waals surface area contributed by atoms with E-state index >= 15 is 0 Å². The van der Waals surface area contributed by atoms with E-state index in [1.807, 2.05) is 21.1 Å². The number of hydrogen-bond acceptors (Lipinski definition) is 6. The molecule has 0 saturated carbocycles. The second-order valence-corrected chi connectivity index (χ2v) is 12.5. The lowest BCUT2D eigenvalue weighted by Gasteiger charge is -2.24. The highest BCUT2D eigenvalue weighted by Crippen LogP contribution is 2.55. The number of unbranched alkanes of at least 4 members (excludes halogenated alkanes) is 8. The van der Waals surface area contributed by atoms with Crippen molar-refractivity contribution in [2.45, 2.75) is 77.2 Å². The van der Waals surface area contributed by atoms with Gasteiger partial charge in [-0.2, -0.15) is 0 Å². The van der Waals surface area contributed by atoms with Gasteiger partial charge in [-0.15, -0.1) is 0 Å². The molecule has 0 rings (SSSR count). The zero-order valence-electron chi connectivity index (χ0n) is 18.8. The molecule has 0 saturated heterocycles. The molecule has 0 aromatic rings. The molecular weight excluding hydrogens is 413 g/mol. The summed E-state index contributed by atoms with van der Waals surface area (Å²) in [7, 11) is 6.00. The molecule has 1 unspecified atom stereocenters. The van der Waals surface area contributed by atoms with E-state index in [1.165, 1.54) is 38.5 Å². The zero-order chi connectivity index (χ0) is 22.2. The van der Waals surface area contributed by atoms with Crippen molar-refractivity contribution in [2.75, 3.05) is 46.7 Å². The number of nitrogens with zero attached hydrogens (tertiary/aromatic N) is 1. The van der Waals surface area contributed by atoms with E-state index in [2.05, 4.69) is 6.92 Å². The minimum atomic E-state index is -3.83. The highest BCUT2D eigenvalue weighted by atomic mass is 32.7. The zero-order valence-corrected chi connectivity index (χ0v) is 20.5. The third-order valence-corrected chi connectivity index (χ3v) is 7.44. The molecule has 174 valence electrons. The monoisotopic (exact) mass is 456 g/mol. The first-order chi connectivity index (χ1) is 13.6. The fourth-order valence-corrected chi connectivity index (χ4v) is 5.23. The van der Waals surface area contributed by atoms with Crippen molar-refractivity contribution in [1.29, 1.82) is 0 Å². The molecule has 2 atom stereocenters. The van der Waals surface area contributed by atoms with E-state index in [9.17, 15) is 19.4 Å². The van der Waals surface area contributed by atoms with Crippen LogP contribution < -0.4 is 0 Å². The Morgan fingerprint density at radius 1 is 1.03 bits per heavy atom. The van der Waals surface area contributed by atoms with E-state index in [0.717, 1.165) is 37.2 Å². The fraction of sp³-hybridized carbons (Fsp3) is 0.950. The largest absolute Gasteiger partial charge is 0.457 e. The van der Waals surface area contributed by atoms with Crippen LogP contribution in [0.4, 0.5) is 0 Å². The van der Waals surface area contributed by atoms with E-state index < -0.39 is 25.5 Å². The standard InChI is InChI=1S/C20H42NO6PS/c1-5-6-7-8-9-10-11-12-13-14-20(23)27-19(17-22)18-26-28(24,25)29-16-15-21(2,3)4/h19,22H,5-18H2,1-4H3/p+1/t19-/m0/s1. The maximum atomic E-state index is 12.0. The minimum absolute atomic E-state index is 0.287. The predicted octanol–water partition coefficient (Wildman–Crippen LogP) is 4.37. The molecule has 0 fully saturated rings. The van der Waals surface area contributed by atoms with Crippen LogP contribution in [0.2, 0.25) is 0 Å². The summed E-state index contributed by atoms with van der Waals surface area (Å²) in [5.74, 6) is 0.0699. The highest BCUT2D eigenvalue weighted by Gasteiger charge is 2.25. The van der Waals surface area contributed by atoms with Crippen LogP contribution in [0.5, 0.6) is 0 Å². The predicted molar refractivity (Wildman–Crippen MR) is 120 cm³/mol. The van der Waals surface area contributed by atoms with E-state index in [0.29, 0.717) is 16.7 Å². The number of esters is 1. The second kappa shape index (κ2) is 16.6. The molecule has 0 aliphatic heterocycles. The first-order valence-corrected chi connectivity index (χ1v) is 14.0. The Balaban J connectivity index is 3.89. The van der Waals surface area contributed by atoms with Gasteiger partial charge in [-0.25, -0.2) is 4.57 Å². The highest BCUT2D eigenvalue weighted by molar-refractivity contribution is 8.54. The van der Waals surface area contributed by atoms with Crippen LogP contribution in [0.1, 0.15) is 71.1 Å². The summed E-state index contributed by atoms with van der Waals surface area (Å²) in [5.41, 5.74) is 0. The SMILES string of the molecule is CCCCCCCCCCCC(=O)O[C@@H](CO)COP(=O)(O)SCC[N+](C)(C)C. The third kappa shape index (κ3) is 19.6. The summed E-state index contributed by atoms with van der Waals surface area (Å²) in [6.45, 7) is -1.63. The fourth-order valence-electron chi connectivity index (χ4n) is 2.59. The first-order valence-electron chi connectivity index (χ1n) is 10.8. The van der Waals surface area contributed by atoms with Crippen molar-refractivity contribution < 1.29 is 33.1 Å². The number of carbonyl (C=O) groups is 1. The molecule has 0 aromatic heterocycles. The van der Waals surface area contributed by atoms with Crippen LogP contribution >= 0.6 is 18.2 Å². The quantitative estimate of drug-likeness (QED) is 0.129. The first kappa shape index (κ1) is 28.9. The van der Waals surface area contributed by atoms with Crippen molar-refractivity contribution in [2.24, 2.45) is 0 Å². The van der Waals surface area contributed by atoms with E-state index in [1.54, 1.807) is 0 Å². The maximum Gasteiger partial charge on any atom is 0.386 e. The van der Waals surface area contributed by atoms with Crippen molar-refractivity contribution in [3.05, 3.63) is 0 Å². The number of rotatable bonds is 19. The summed E-state index contributed by atoms with van der Waals surface area (Å²) in [6.07, 6.45) is 9.84. The molecule has 0 heterocycles. The Kier molecular flexibility index (Phi) is 16.5. The van der Waals surface area contributed by atoms with Crippen LogP contribution in [0.15, 0.2) is 0 Å².